The summed E-state index contributed by atoms with van der Waals surface area (Å²) in [4.78, 5) is 15.3. The molecule has 4 aromatic heterocycles. The summed E-state index contributed by atoms with van der Waals surface area (Å²) in [6, 6.07) is 57.6. The van der Waals surface area contributed by atoms with Crippen LogP contribution in [-0.2, 0) is 0 Å². The molecule has 0 radical (unpaired) electrons. The van der Waals surface area contributed by atoms with E-state index in [1.165, 1.54) is 0 Å². The summed E-state index contributed by atoms with van der Waals surface area (Å²) >= 11 is 1.72. The lowest BCUT2D eigenvalue weighted by molar-refractivity contribution is 0.670. The Bertz CT molecular complexity index is 4170. The Balaban J connectivity index is 1.02. The summed E-state index contributed by atoms with van der Waals surface area (Å²) in [7, 11) is 0. The minimum absolute atomic E-state index is 0.0269. The van der Waals surface area contributed by atoms with Crippen molar-refractivity contribution in [3.05, 3.63) is 206 Å². The van der Waals surface area contributed by atoms with E-state index < -0.39 is 30.2 Å². The van der Waals surface area contributed by atoms with Crippen LogP contribution < -0.4 is 0 Å². The van der Waals surface area contributed by atoms with E-state index in [1.807, 2.05) is 84.9 Å². The number of fused-ring (bicyclic) bond motifs is 9. The maximum absolute atomic E-state index is 9.03. The van der Waals surface area contributed by atoms with Crippen molar-refractivity contribution in [3.63, 3.8) is 0 Å². The van der Waals surface area contributed by atoms with Crippen LogP contribution in [0, 0.1) is 0 Å². The molecule has 4 heterocycles. The van der Waals surface area contributed by atoms with Crippen molar-refractivity contribution in [2.45, 2.75) is 0 Å². The van der Waals surface area contributed by atoms with Crippen molar-refractivity contribution in [3.8, 4) is 62.1 Å². The number of hydrogen-bond donors (Lipinski definition) is 0. The van der Waals surface area contributed by atoms with E-state index in [9.17, 15) is 0 Å². The topological polar surface area (TPSA) is 56.7 Å². The van der Waals surface area contributed by atoms with E-state index in [4.69, 9.17) is 26.2 Å². The largest absolute Gasteiger partial charge is 0.455 e. The van der Waals surface area contributed by atoms with Crippen LogP contribution in [-0.4, -0.2) is 19.5 Å². The molecular weight excluding hydrogens is 789 g/mol. The smallest absolute Gasteiger partial charge is 0.166 e. The maximum atomic E-state index is 9.03. The van der Waals surface area contributed by atoms with E-state index in [2.05, 4.69) is 95.6 Å². The first-order valence-electron chi connectivity index (χ1n) is 23.2. The van der Waals surface area contributed by atoms with Gasteiger partial charge in [0.1, 0.15) is 11.2 Å². The van der Waals surface area contributed by atoms with Crippen LogP contribution in [0.3, 0.4) is 0 Å². The van der Waals surface area contributed by atoms with Crippen LogP contribution in [0.15, 0.2) is 211 Å². The van der Waals surface area contributed by atoms with E-state index in [1.54, 1.807) is 11.3 Å². The third kappa shape index (κ3) is 5.66. The minimum Gasteiger partial charge on any atom is -0.455 e. The Morgan fingerprint density at radius 1 is 0.429 bits per heavy atom. The summed E-state index contributed by atoms with van der Waals surface area (Å²) in [5.74, 6) is 0.556. The lowest BCUT2D eigenvalue weighted by Crippen LogP contribution is -2.04. The first kappa shape index (κ1) is 30.8. The second-order valence-electron chi connectivity index (χ2n) is 15.5. The van der Waals surface area contributed by atoms with Gasteiger partial charge in [0.2, 0.25) is 0 Å². The molecule has 0 aliphatic carbocycles. The molecule has 5 nitrogen and oxygen atoms in total. The number of para-hydroxylation sites is 5. The molecule has 6 heteroatoms. The van der Waals surface area contributed by atoms with Gasteiger partial charge in [-0.05, 0) is 53.6 Å². The predicted molar refractivity (Wildman–Crippen MR) is 262 cm³/mol. The van der Waals surface area contributed by atoms with Gasteiger partial charge in [-0.2, -0.15) is 0 Å². The summed E-state index contributed by atoms with van der Waals surface area (Å²) in [6.45, 7) is 0. The van der Waals surface area contributed by atoms with Gasteiger partial charge in [0, 0.05) is 69.5 Å². The zero-order chi connectivity index (χ0) is 45.8. The van der Waals surface area contributed by atoms with Gasteiger partial charge in [0.05, 0.1) is 23.6 Å². The highest BCUT2D eigenvalue weighted by molar-refractivity contribution is 7.26. The molecule has 0 fully saturated rings. The third-order valence-electron chi connectivity index (χ3n) is 12.0. The Morgan fingerprint density at radius 3 is 1.81 bits per heavy atom. The fourth-order valence-corrected chi connectivity index (χ4v) is 10.4. The lowest BCUT2D eigenvalue weighted by atomic mass is 9.96. The molecular formula is C57H34N4OS. The van der Waals surface area contributed by atoms with Crippen LogP contribution in [0.1, 0.15) is 6.85 Å². The molecule has 294 valence electrons. The Labute approximate surface area is 372 Å². The normalized spacial score (nSPS) is 12.9. The first-order chi connectivity index (χ1) is 33.3. The van der Waals surface area contributed by atoms with Gasteiger partial charge in [-0.25, -0.2) is 15.0 Å². The van der Waals surface area contributed by atoms with Crippen LogP contribution in [0.2, 0.25) is 0 Å². The predicted octanol–water partition coefficient (Wildman–Crippen LogP) is 15.6. The van der Waals surface area contributed by atoms with Crippen LogP contribution in [0.4, 0.5) is 0 Å². The summed E-state index contributed by atoms with van der Waals surface area (Å²) in [6.07, 6.45) is 0. The Hall–Kier alpha value is -8.19. The molecule has 0 unspecified atom stereocenters. The van der Waals surface area contributed by atoms with Crippen molar-refractivity contribution in [2.75, 3.05) is 0 Å². The quantitative estimate of drug-likeness (QED) is 0.168. The van der Waals surface area contributed by atoms with Crippen LogP contribution in [0.25, 0.3) is 126 Å². The van der Waals surface area contributed by atoms with Crippen molar-refractivity contribution in [2.24, 2.45) is 0 Å². The molecule has 0 spiro atoms. The molecule has 0 aliphatic rings. The van der Waals surface area contributed by atoms with Crippen LogP contribution >= 0.6 is 11.3 Å². The highest BCUT2D eigenvalue weighted by Crippen LogP contribution is 2.45. The highest BCUT2D eigenvalue weighted by atomic mass is 32.1. The minimum atomic E-state index is -0.490. The second-order valence-corrected chi connectivity index (χ2v) is 16.6. The zero-order valence-electron chi connectivity index (χ0n) is 38.3. The molecule has 13 rings (SSSR count). The maximum Gasteiger partial charge on any atom is 0.166 e. The summed E-state index contributed by atoms with van der Waals surface area (Å²) < 4.78 is 54.5. The first-order valence-corrected chi connectivity index (χ1v) is 21.5. The zero-order valence-corrected chi connectivity index (χ0v) is 34.2. The number of thiophene rings is 1. The average Bonchev–Trinajstić information content (AvgIpc) is 4.07. The van der Waals surface area contributed by atoms with E-state index in [0.717, 1.165) is 91.9 Å². The molecule has 0 atom stereocenters. The Kier molecular flexibility index (Phi) is 6.94. The molecule has 9 aromatic carbocycles. The molecule has 0 bridgehead atoms. The van der Waals surface area contributed by atoms with Crippen molar-refractivity contribution in [1.29, 1.82) is 0 Å². The van der Waals surface area contributed by atoms with E-state index >= 15 is 0 Å². The fraction of sp³-hybridized carbons (Fsp3) is 0. The third-order valence-corrected chi connectivity index (χ3v) is 13.2. The lowest BCUT2D eigenvalue weighted by Gasteiger charge is -2.15. The number of rotatable bonds is 6. The summed E-state index contributed by atoms with van der Waals surface area (Å²) in [5, 5.41) is 6.59. The van der Waals surface area contributed by atoms with Gasteiger partial charge in [-0.15, -0.1) is 11.3 Å². The number of aromatic nitrogens is 4. The standard InChI is InChI=1S/C57H34N4OS/c1-2-16-35(17-3-1)55-58-56(60-57(59-55)46-23-8-12-30-50(46)61-48-28-10-6-19-39(48)40-20-7-11-29-49(40)61)45-22-5-4-18-38(45)43-26-15-27-44-47-34-36(32-33-52(47)63-54(43)44)37-24-14-25-42-41-21-9-13-31-51(41)62-53(37)42/h1-34H/i1D,2D,3D,16D,17D. The molecule has 13 aromatic rings. The van der Waals surface area contributed by atoms with E-state index in [0.29, 0.717) is 17.0 Å². The van der Waals surface area contributed by atoms with Gasteiger partial charge in [-0.1, -0.05) is 164 Å². The van der Waals surface area contributed by atoms with Crippen LogP contribution in [0.5, 0.6) is 0 Å². The van der Waals surface area contributed by atoms with E-state index in [-0.39, 0.29) is 17.2 Å². The second kappa shape index (κ2) is 14.2. The molecule has 0 N–H and O–H groups in total. The monoisotopic (exact) mass is 827 g/mol. The van der Waals surface area contributed by atoms with Crippen molar-refractivity contribution < 1.29 is 11.3 Å². The number of benzene rings is 9. The molecule has 0 saturated heterocycles. The molecule has 0 saturated carbocycles. The van der Waals surface area contributed by atoms with Gasteiger partial charge >= 0.3 is 0 Å². The SMILES string of the molecule is [2H]c1c([2H])c([2H])c(-c2nc(-c3ccccc3-c3cccc4c3sc3ccc(-c5cccc6c5oc5ccccc56)cc34)nc(-c3ccccc3-n3c4ccccc4c4ccccc43)n2)c([2H])c1[2H]. The van der Waals surface area contributed by atoms with Gasteiger partial charge in [0.15, 0.2) is 17.5 Å². The fourth-order valence-electron chi connectivity index (χ4n) is 9.20. The van der Waals surface area contributed by atoms with Crippen molar-refractivity contribution in [1.82, 2.24) is 19.5 Å². The van der Waals surface area contributed by atoms with Gasteiger partial charge < -0.3 is 8.98 Å². The average molecular weight is 828 g/mol. The van der Waals surface area contributed by atoms with Crippen molar-refractivity contribution >= 4 is 75.3 Å². The molecule has 0 aliphatic heterocycles. The highest BCUT2D eigenvalue weighted by Gasteiger charge is 2.22. The number of hydrogen-bond acceptors (Lipinski definition) is 5. The summed E-state index contributed by atoms with van der Waals surface area (Å²) in [5.41, 5.74) is 9.75. The van der Waals surface area contributed by atoms with Gasteiger partial charge in [0.25, 0.3) is 0 Å². The molecule has 0 amide bonds. The number of furan rings is 1. The number of nitrogens with zero attached hydrogens (tertiary/aromatic N) is 4. The Morgan fingerprint density at radius 2 is 1.02 bits per heavy atom. The van der Waals surface area contributed by atoms with Gasteiger partial charge in [-0.3, -0.25) is 0 Å². The molecule has 63 heavy (non-hydrogen) atoms.